The van der Waals surface area contributed by atoms with E-state index < -0.39 is 0 Å². The molecule has 21 heavy (non-hydrogen) atoms. The topological polar surface area (TPSA) is 25.2 Å². The van der Waals surface area contributed by atoms with Crippen molar-refractivity contribution >= 4 is 50.1 Å². The zero-order chi connectivity index (χ0) is 15.0. The molecule has 1 atom stereocenters. The highest BCUT2D eigenvalue weighted by Crippen LogP contribution is 2.35. The van der Waals surface area contributed by atoms with Gasteiger partial charge >= 0.3 is 0 Å². The zero-order valence-electron chi connectivity index (χ0n) is 11.2. The Morgan fingerprint density at radius 1 is 1.10 bits per heavy atom. The van der Waals surface area contributed by atoms with Crippen LogP contribution in [0.3, 0.4) is 0 Å². The van der Waals surface area contributed by atoms with Crippen LogP contribution < -0.4 is 5.32 Å². The first kappa shape index (κ1) is 14.9. The number of para-hydroxylation sites is 1. The lowest BCUT2D eigenvalue weighted by molar-refractivity contribution is 0.492. The predicted molar refractivity (Wildman–Crippen MR) is 91.3 cm³/mol. The Hall–Kier alpha value is -1.000. The summed E-state index contributed by atoms with van der Waals surface area (Å²) in [5.74, 6) is 0.782. The van der Waals surface area contributed by atoms with Crippen molar-refractivity contribution in [2.75, 3.05) is 7.05 Å². The second-order valence-electron chi connectivity index (χ2n) is 4.69. The Kier molecular flexibility index (Phi) is 4.27. The highest BCUT2D eigenvalue weighted by atomic mass is 79.9. The van der Waals surface area contributed by atoms with Crippen molar-refractivity contribution < 1.29 is 4.42 Å². The van der Waals surface area contributed by atoms with Gasteiger partial charge in [0.05, 0.1) is 11.1 Å². The first-order valence-corrected chi connectivity index (χ1v) is 7.95. The van der Waals surface area contributed by atoms with Crippen molar-refractivity contribution in [1.82, 2.24) is 5.32 Å². The summed E-state index contributed by atoms with van der Waals surface area (Å²) in [7, 11) is 1.87. The minimum absolute atomic E-state index is 0.130. The van der Waals surface area contributed by atoms with Gasteiger partial charge in [-0.25, -0.2) is 0 Å². The molecular weight excluding hydrogens is 373 g/mol. The third kappa shape index (κ3) is 2.84. The highest BCUT2D eigenvalue weighted by Gasteiger charge is 2.20. The smallest absolute Gasteiger partial charge is 0.152 e. The first-order chi connectivity index (χ1) is 10.1. The molecule has 3 aromatic rings. The summed E-state index contributed by atoms with van der Waals surface area (Å²) >= 11 is 15.9. The van der Waals surface area contributed by atoms with Crippen molar-refractivity contribution in [1.29, 1.82) is 0 Å². The van der Waals surface area contributed by atoms with E-state index in [1.807, 2.05) is 49.5 Å². The highest BCUT2D eigenvalue weighted by molar-refractivity contribution is 9.10. The largest absolute Gasteiger partial charge is 0.457 e. The second kappa shape index (κ2) is 6.01. The van der Waals surface area contributed by atoms with Gasteiger partial charge in [-0.3, -0.25) is 0 Å². The Bertz CT molecular complexity index is 800. The molecule has 2 nitrogen and oxygen atoms in total. The van der Waals surface area contributed by atoms with E-state index >= 15 is 0 Å². The van der Waals surface area contributed by atoms with E-state index in [1.54, 1.807) is 0 Å². The molecule has 0 aliphatic carbocycles. The third-order valence-corrected chi connectivity index (χ3v) is 4.48. The molecule has 0 saturated carbocycles. The summed E-state index contributed by atoms with van der Waals surface area (Å²) in [5, 5.41) is 5.50. The number of furan rings is 1. The number of halogens is 3. The Morgan fingerprint density at radius 3 is 2.57 bits per heavy atom. The second-order valence-corrected chi connectivity index (χ2v) is 6.42. The van der Waals surface area contributed by atoms with Crippen LogP contribution in [0.1, 0.15) is 17.4 Å². The number of fused-ring (bicyclic) bond motifs is 1. The van der Waals surface area contributed by atoms with E-state index in [1.165, 1.54) is 0 Å². The number of benzene rings is 2. The molecule has 0 spiro atoms. The number of rotatable bonds is 3. The van der Waals surface area contributed by atoms with Gasteiger partial charge in [0.25, 0.3) is 0 Å². The molecule has 0 aliphatic heterocycles. The summed E-state index contributed by atoms with van der Waals surface area (Å²) in [6, 6.07) is 13.4. The predicted octanol–water partition coefficient (Wildman–Crippen LogP) is 5.81. The van der Waals surface area contributed by atoms with Gasteiger partial charge in [0, 0.05) is 14.9 Å². The van der Waals surface area contributed by atoms with Gasteiger partial charge in [-0.05, 0) is 36.9 Å². The lowest BCUT2D eigenvalue weighted by atomic mass is 10.0. The van der Waals surface area contributed by atoms with Gasteiger partial charge in [-0.15, -0.1) is 0 Å². The van der Waals surface area contributed by atoms with Crippen molar-refractivity contribution in [3.05, 3.63) is 68.3 Å². The molecule has 1 unspecified atom stereocenters. The summed E-state index contributed by atoms with van der Waals surface area (Å²) in [5.41, 5.74) is 1.65. The van der Waals surface area contributed by atoms with Gasteiger partial charge in [0.2, 0.25) is 0 Å². The van der Waals surface area contributed by atoms with Gasteiger partial charge in [-0.1, -0.05) is 57.3 Å². The number of nitrogens with one attached hydrogen (secondary N) is 1. The summed E-state index contributed by atoms with van der Waals surface area (Å²) < 4.78 is 6.87. The maximum absolute atomic E-state index is 6.35. The van der Waals surface area contributed by atoms with Crippen LogP contribution in [0.5, 0.6) is 0 Å². The Labute approximate surface area is 141 Å². The van der Waals surface area contributed by atoms with Crippen molar-refractivity contribution in [3.8, 4) is 0 Å². The number of hydrogen-bond acceptors (Lipinski definition) is 2. The number of hydrogen-bond donors (Lipinski definition) is 1. The Morgan fingerprint density at radius 2 is 1.90 bits per heavy atom. The van der Waals surface area contributed by atoms with Crippen LogP contribution in [-0.2, 0) is 0 Å². The minimum Gasteiger partial charge on any atom is -0.457 e. The summed E-state index contributed by atoms with van der Waals surface area (Å²) in [4.78, 5) is 0. The molecular formula is C16H12BrCl2NO. The molecule has 0 radical (unpaired) electrons. The standard InChI is InChI=1S/C16H12BrCl2NO/c1-20-15(11-6-5-10(17)8-13(11)19)14-7-9-3-2-4-12(18)16(9)21-14/h2-8,15,20H,1H3. The quantitative estimate of drug-likeness (QED) is 0.616. The molecule has 5 heteroatoms. The van der Waals surface area contributed by atoms with Crippen LogP contribution in [0.25, 0.3) is 11.0 Å². The maximum Gasteiger partial charge on any atom is 0.152 e. The first-order valence-electron chi connectivity index (χ1n) is 6.40. The Balaban J connectivity index is 2.11. The molecule has 0 amide bonds. The van der Waals surface area contributed by atoms with Crippen molar-refractivity contribution in [2.24, 2.45) is 0 Å². The van der Waals surface area contributed by atoms with Gasteiger partial charge < -0.3 is 9.73 Å². The summed E-state index contributed by atoms with van der Waals surface area (Å²) in [6.07, 6.45) is 0. The van der Waals surface area contributed by atoms with E-state index in [-0.39, 0.29) is 6.04 Å². The van der Waals surface area contributed by atoms with E-state index in [4.69, 9.17) is 27.6 Å². The molecule has 108 valence electrons. The SMILES string of the molecule is CNC(c1cc2cccc(Cl)c2o1)c1ccc(Br)cc1Cl. The van der Waals surface area contributed by atoms with Gasteiger partial charge in [0.1, 0.15) is 5.76 Å². The van der Waals surface area contributed by atoms with Crippen LogP contribution in [0.15, 0.2) is 51.4 Å². The van der Waals surface area contributed by atoms with Crippen LogP contribution in [0.2, 0.25) is 10.0 Å². The molecule has 0 fully saturated rings. The fourth-order valence-corrected chi connectivity index (χ4v) is 3.38. The van der Waals surface area contributed by atoms with Crippen LogP contribution in [0, 0.1) is 0 Å². The molecule has 1 N–H and O–H groups in total. The molecule has 0 aliphatic rings. The molecule has 3 rings (SSSR count). The summed E-state index contributed by atoms with van der Waals surface area (Å²) in [6.45, 7) is 0. The van der Waals surface area contributed by atoms with E-state index in [2.05, 4.69) is 21.2 Å². The monoisotopic (exact) mass is 383 g/mol. The molecule has 2 aromatic carbocycles. The molecule has 1 aromatic heterocycles. The van der Waals surface area contributed by atoms with Gasteiger partial charge in [0.15, 0.2) is 5.58 Å². The van der Waals surface area contributed by atoms with E-state index in [0.717, 1.165) is 21.2 Å². The average Bonchev–Trinajstić information content (AvgIpc) is 2.87. The van der Waals surface area contributed by atoms with E-state index in [9.17, 15) is 0 Å². The zero-order valence-corrected chi connectivity index (χ0v) is 14.3. The van der Waals surface area contributed by atoms with Crippen LogP contribution in [0.4, 0.5) is 0 Å². The van der Waals surface area contributed by atoms with Crippen LogP contribution >= 0.6 is 39.1 Å². The van der Waals surface area contributed by atoms with Crippen molar-refractivity contribution in [3.63, 3.8) is 0 Å². The average molecular weight is 385 g/mol. The normalized spacial score (nSPS) is 12.8. The van der Waals surface area contributed by atoms with Gasteiger partial charge in [-0.2, -0.15) is 0 Å². The molecule has 1 heterocycles. The third-order valence-electron chi connectivity index (χ3n) is 3.36. The molecule has 0 bridgehead atoms. The fourth-order valence-electron chi connectivity index (χ4n) is 2.38. The van der Waals surface area contributed by atoms with Crippen LogP contribution in [-0.4, -0.2) is 7.05 Å². The van der Waals surface area contributed by atoms with Crippen molar-refractivity contribution in [2.45, 2.75) is 6.04 Å². The maximum atomic E-state index is 6.35. The minimum atomic E-state index is -0.130. The fraction of sp³-hybridized carbons (Fsp3) is 0.125. The lowest BCUT2D eigenvalue weighted by Gasteiger charge is -2.15. The molecule has 0 saturated heterocycles. The van der Waals surface area contributed by atoms with E-state index in [0.29, 0.717) is 15.6 Å². The lowest BCUT2D eigenvalue weighted by Crippen LogP contribution is -2.17.